The summed E-state index contributed by atoms with van der Waals surface area (Å²) in [6.07, 6.45) is -0.674. The fourth-order valence-corrected chi connectivity index (χ4v) is 6.74. The fraction of sp³-hybridized carbons (Fsp3) is 0.417. The van der Waals surface area contributed by atoms with Gasteiger partial charge in [0.1, 0.15) is 23.0 Å². The first-order chi connectivity index (χ1) is 17.2. The van der Waals surface area contributed by atoms with Crippen LogP contribution in [0.3, 0.4) is 0 Å². The molecule has 1 N–H and O–H groups in total. The van der Waals surface area contributed by atoms with E-state index in [1.54, 1.807) is 31.2 Å². The Morgan fingerprint density at radius 2 is 1.92 bits per heavy atom. The number of aromatic amines is 1. The highest BCUT2D eigenvalue weighted by Crippen LogP contribution is 2.39. The lowest BCUT2D eigenvalue weighted by molar-refractivity contribution is -0.152. The molecule has 2 aliphatic heterocycles. The number of nitrogens with one attached hydrogen (secondary N) is 1. The van der Waals surface area contributed by atoms with Crippen molar-refractivity contribution < 1.29 is 31.1 Å². The second-order valence-corrected chi connectivity index (χ2v) is 11.1. The van der Waals surface area contributed by atoms with Gasteiger partial charge in [0, 0.05) is 23.7 Å². The van der Waals surface area contributed by atoms with Crippen LogP contribution in [0.5, 0.6) is 0 Å². The maximum absolute atomic E-state index is 15.3. The third kappa shape index (κ3) is 4.73. The van der Waals surface area contributed by atoms with Gasteiger partial charge in [0.25, 0.3) is 5.89 Å². The molecule has 192 valence electrons. The summed E-state index contributed by atoms with van der Waals surface area (Å²) in [5.41, 5.74) is 0.321. The van der Waals surface area contributed by atoms with E-state index < -0.39 is 44.9 Å². The second-order valence-electron chi connectivity index (χ2n) is 9.01. The highest BCUT2D eigenvalue weighted by Gasteiger charge is 2.41. The van der Waals surface area contributed by atoms with Crippen LogP contribution in [0.4, 0.5) is 8.78 Å². The molecule has 2 aliphatic rings. The van der Waals surface area contributed by atoms with E-state index in [-0.39, 0.29) is 42.8 Å². The van der Waals surface area contributed by atoms with Crippen molar-refractivity contribution in [1.29, 1.82) is 0 Å². The minimum Gasteiger partial charge on any atom is -0.389 e. The molecule has 9 nitrogen and oxygen atoms in total. The van der Waals surface area contributed by atoms with Gasteiger partial charge in [-0.15, -0.1) is 5.10 Å². The summed E-state index contributed by atoms with van der Waals surface area (Å²) in [5.74, 6) is -2.77. The Morgan fingerprint density at radius 1 is 1.17 bits per heavy atom. The van der Waals surface area contributed by atoms with Gasteiger partial charge in [0.2, 0.25) is 10.0 Å². The Morgan fingerprint density at radius 3 is 2.56 bits per heavy atom. The largest absolute Gasteiger partial charge is 0.434 e. The van der Waals surface area contributed by atoms with E-state index in [4.69, 9.17) is 13.9 Å². The molecule has 0 saturated carbocycles. The van der Waals surface area contributed by atoms with Crippen LogP contribution < -0.4 is 5.76 Å². The molecule has 0 amide bonds. The number of rotatable bonds is 7. The molecule has 2 aromatic carbocycles. The highest BCUT2D eigenvalue weighted by atomic mass is 32.2. The quantitative estimate of drug-likeness (QED) is 0.508. The van der Waals surface area contributed by atoms with Crippen molar-refractivity contribution in [3.63, 3.8) is 0 Å². The second kappa shape index (κ2) is 9.85. The molecule has 3 aromatic rings. The van der Waals surface area contributed by atoms with E-state index in [2.05, 4.69) is 10.2 Å². The standard InChI is InChI=1S/C24H25F2N3O6S/c1-14-7-8-21(15-5-3-2-4-6-15)36(31,32)29(14)11-16-9-20(26)18(10-19(16)25)22(34-17-12-33-13-17)23-27-28-24(30)35-23/h2-6,9-10,14,17,21-22H,7-8,11-13H2,1H3,(H,28,30)/t14-,21+,22+/m0/s1. The molecule has 2 saturated heterocycles. The summed E-state index contributed by atoms with van der Waals surface area (Å²) in [6, 6.07) is 10.4. The molecular formula is C24H25F2N3O6S. The van der Waals surface area contributed by atoms with Crippen molar-refractivity contribution in [2.45, 2.75) is 49.8 Å². The van der Waals surface area contributed by atoms with E-state index in [1.165, 1.54) is 4.31 Å². The number of benzene rings is 2. The van der Waals surface area contributed by atoms with Gasteiger partial charge in [-0.05, 0) is 37.5 Å². The van der Waals surface area contributed by atoms with Crippen molar-refractivity contribution in [3.05, 3.63) is 87.2 Å². The smallest absolute Gasteiger partial charge is 0.389 e. The number of nitrogens with zero attached hydrogens (tertiary/aromatic N) is 2. The predicted octanol–water partition coefficient (Wildman–Crippen LogP) is 3.20. The molecule has 0 unspecified atom stereocenters. The zero-order chi connectivity index (χ0) is 25.4. The maximum atomic E-state index is 15.3. The molecular weight excluding hydrogens is 496 g/mol. The van der Waals surface area contributed by atoms with Crippen molar-refractivity contribution in [2.75, 3.05) is 13.2 Å². The average molecular weight is 522 g/mol. The van der Waals surface area contributed by atoms with Crippen LogP contribution in [0.15, 0.2) is 51.7 Å². The summed E-state index contributed by atoms with van der Waals surface area (Å²) in [4.78, 5) is 11.4. The molecule has 0 spiro atoms. The van der Waals surface area contributed by atoms with Crippen LogP contribution in [-0.2, 0) is 26.0 Å². The number of aromatic nitrogens is 2. The maximum Gasteiger partial charge on any atom is 0.434 e. The molecule has 3 atom stereocenters. The van der Waals surface area contributed by atoms with Crippen LogP contribution in [-0.4, -0.2) is 48.3 Å². The van der Waals surface area contributed by atoms with Crippen LogP contribution in [0, 0.1) is 11.6 Å². The number of hydrogen-bond donors (Lipinski definition) is 1. The number of halogens is 2. The van der Waals surface area contributed by atoms with E-state index in [1.807, 2.05) is 6.07 Å². The van der Waals surface area contributed by atoms with Crippen molar-refractivity contribution in [1.82, 2.24) is 14.5 Å². The van der Waals surface area contributed by atoms with Gasteiger partial charge in [0.15, 0.2) is 6.10 Å². The molecule has 5 rings (SSSR count). The summed E-state index contributed by atoms with van der Waals surface area (Å²) in [7, 11) is -3.83. The summed E-state index contributed by atoms with van der Waals surface area (Å²) < 4.78 is 74.6. The molecule has 0 aliphatic carbocycles. The Balaban J connectivity index is 1.45. The van der Waals surface area contributed by atoms with Gasteiger partial charge < -0.3 is 13.9 Å². The molecule has 2 fully saturated rings. The Kier molecular flexibility index (Phi) is 6.77. The van der Waals surface area contributed by atoms with Gasteiger partial charge in [0.05, 0.1) is 13.2 Å². The summed E-state index contributed by atoms with van der Waals surface area (Å²) >= 11 is 0. The SMILES string of the molecule is C[C@H]1CC[C@H](c2ccccc2)S(=O)(=O)N1Cc1cc(F)c([C@@H](OC2COC2)c2n[nH]c(=O)o2)cc1F. The fourth-order valence-electron chi connectivity index (χ4n) is 4.55. The monoisotopic (exact) mass is 521 g/mol. The predicted molar refractivity (Wildman–Crippen MR) is 123 cm³/mol. The minimum absolute atomic E-state index is 0.116. The van der Waals surface area contributed by atoms with E-state index >= 15 is 8.78 Å². The van der Waals surface area contributed by atoms with Crippen molar-refractivity contribution in [2.24, 2.45) is 0 Å². The van der Waals surface area contributed by atoms with Gasteiger partial charge in [-0.25, -0.2) is 27.1 Å². The third-order valence-electron chi connectivity index (χ3n) is 6.59. The zero-order valence-electron chi connectivity index (χ0n) is 19.4. The normalized spacial score (nSPS) is 23.3. The summed E-state index contributed by atoms with van der Waals surface area (Å²) in [6.45, 7) is 1.93. The van der Waals surface area contributed by atoms with Gasteiger partial charge in [-0.1, -0.05) is 30.3 Å². The molecule has 12 heteroatoms. The number of sulfonamides is 1. The Hall–Kier alpha value is -2.93. The number of ether oxygens (including phenoxy) is 2. The molecule has 1 aromatic heterocycles. The van der Waals surface area contributed by atoms with E-state index in [0.717, 1.165) is 12.1 Å². The lowest BCUT2D eigenvalue weighted by atomic mass is 10.0. The summed E-state index contributed by atoms with van der Waals surface area (Å²) in [5, 5.41) is 5.04. The Labute approximate surface area is 206 Å². The minimum atomic E-state index is -3.83. The lowest BCUT2D eigenvalue weighted by Gasteiger charge is -2.37. The molecule has 0 radical (unpaired) electrons. The van der Waals surface area contributed by atoms with Crippen molar-refractivity contribution in [3.8, 4) is 0 Å². The van der Waals surface area contributed by atoms with Gasteiger partial charge in [-0.2, -0.15) is 4.31 Å². The zero-order valence-corrected chi connectivity index (χ0v) is 20.2. The van der Waals surface area contributed by atoms with Gasteiger partial charge >= 0.3 is 5.76 Å². The third-order valence-corrected chi connectivity index (χ3v) is 8.96. The first-order valence-electron chi connectivity index (χ1n) is 11.6. The Bertz CT molecular complexity index is 1390. The first-order valence-corrected chi connectivity index (χ1v) is 13.1. The molecule has 3 heterocycles. The van der Waals surface area contributed by atoms with Crippen LogP contribution in [0.2, 0.25) is 0 Å². The topological polar surface area (TPSA) is 115 Å². The van der Waals surface area contributed by atoms with Crippen LogP contribution in [0.1, 0.15) is 53.7 Å². The van der Waals surface area contributed by atoms with Crippen LogP contribution in [0.25, 0.3) is 0 Å². The number of H-pyrrole nitrogens is 1. The lowest BCUT2D eigenvalue weighted by Crippen LogP contribution is -2.44. The highest BCUT2D eigenvalue weighted by molar-refractivity contribution is 7.89. The van der Waals surface area contributed by atoms with Crippen LogP contribution >= 0.6 is 0 Å². The van der Waals surface area contributed by atoms with Crippen molar-refractivity contribution >= 4 is 10.0 Å². The average Bonchev–Trinajstić information content (AvgIpc) is 3.24. The molecule has 0 bridgehead atoms. The first kappa shape index (κ1) is 24.8. The van der Waals surface area contributed by atoms with Gasteiger partial charge in [-0.3, -0.25) is 0 Å². The van der Waals surface area contributed by atoms with E-state index in [0.29, 0.717) is 18.4 Å². The number of hydrogen-bond acceptors (Lipinski definition) is 7. The van der Waals surface area contributed by atoms with E-state index in [9.17, 15) is 13.2 Å². The molecule has 36 heavy (non-hydrogen) atoms.